The van der Waals surface area contributed by atoms with Crippen LogP contribution >= 0.6 is 22.9 Å². The van der Waals surface area contributed by atoms with Crippen LogP contribution in [0.4, 0.5) is 0 Å². The maximum Gasteiger partial charge on any atom is 0.145 e. The average Bonchev–Trinajstić information content (AvgIpc) is 3.41. The first-order valence-electron chi connectivity index (χ1n) is 15.4. The molecule has 1 aliphatic carbocycles. The lowest BCUT2D eigenvalue weighted by atomic mass is 9.82. The molecule has 5 atom stereocenters. The summed E-state index contributed by atoms with van der Waals surface area (Å²) < 4.78 is 25.9. The Kier molecular flexibility index (Phi) is 8.91. The number of thiazole rings is 1. The van der Waals surface area contributed by atoms with E-state index in [9.17, 15) is 5.11 Å². The van der Waals surface area contributed by atoms with Gasteiger partial charge < -0.3 is 23.7 Å². The second kappa shape index (κ2) is 13.2. The topological polar surface area (TPSA) is 74.0 Å². The van der Waals surface area contributed by atoms with Gasteiger partial charge in [0.1, 0.15) is 18.0 Å². The number of rotatable bonds is 11. The Labute approximate surface area is 272 Å². The number of halogens is 1. The van der Waals surface area contributed by atoms with Crippen molar-refractivity contribution in [3.63, 3.8) is 0 Å². The maximum absolute atomic E-state index is 11.4. The molecule has 2 fully saturated rings. The lowest BCUT2D eigenvalue weighted by Gasteiger charge is -2.47. The van der Waals surface area contributed by atoms with E-state index in [0.29, 0.717) is 37.5 Å². The van der Waals surface area contributed by atoms with E-state index in [4.69, 9.17) is 30.2 Å². The minimum Gasteiger partial charge on any atom is -0.463 e. The van der Waals surface area contributed by atoms with Gasteiger partial charge in [0, 0.05) is 23.6 Å². The molecule has 8 heteroatoms. The predicted molar refractivity (Wildman–Crippen MR) is 175 cm³/mol. The van der Waals surface area contributed by atoms with E-state index in [1.807, 2.05) is 66.9 Å². The minimum atomic E-state index is -0.866. The van der Waals surface area contributed by atoms with E-state index in [-0.39, 0.29) is 12.0 Å². The Morgan fingerprint density at radius 3 is 2.24 bits per heavy atom. The number of aromatic nitrogens is 1. The highest BCUT2D eigenvalue weighted by Gasteiger charge is 2.58. The van der Waals surface area contributed by atoms with Crippen LogP contribution in [-0.2, 0) is 33.8 Å². The molecule has 1 N–H and O–H groups in total. The first-order valence-corrected chi connectivity index (χ1v) is 16.6. The maximum atomic E-state index is 11.4. The molecule has 3 aromatic carbocycles. The van der Waals surface area contributed by atoms with Gasteiger partial charge in [0.25, 0.3) is 0 Å². The standard InChI is InChI=1S/C37H36ClNO5S/c1-24-33(42-22-25-9-4-2-5-10-25)35(43-23-26-11-6-3-7-12-26)34(44-36(24)37(40)16-17-37)27-14-15-29(38)28(19-27)20-32-39-21-31(45-32)30-13-8-18-41-30/h2-15,18-19,21,24,33-36,40H,16-17,20,22-23H2,1H3/t24-,33-,34-,35+,36-/m0/s1. The summed E-state index contributed by atoms with van der Waals surface area (Å²) in [6.45, 7) is 2.96. The van der Waals surface area contributed by atoms with E-state index in [0.717, 1.165) is 37.9 Å². The van der Waals surface area contributed by atoms with Crippen LogP contribution in [0.1, 0.15) is 53.1 Å². The van der Waals surface area contributed by atoms with Crippen LogP contribution < -0.4 is 0 Å². The van der Waals surface area contributed by atoms with Crippen molar-refractivity contribution >= 4 is 22.9 Å². The third kappa shape index (κ3) is 6.80. The highest BCUT2D eigenvalue weighted by atomic mass is 35.5. The monoisotopic (exact) mass is 641 g/mol. The zero-order valence-corrected chi connectivity index (χ0v) is 26.6. The Balaban J connectivity index is 1.21. The molecule has 0 unspecified atom stereocenters. The van der Waals surface area contributed by atoms with Crippen molar-refractivity contribution in [3.8, 4) is 10.6 Å². The largest absolute Gasteiger partial charge is 0.463 e. The molecule has 1 aliphatic heterocycles. The molecule has 5 aromatic rings. The summed E-state index contributed by atoms with van der Waals surface area (Å²) in [7, 11) is 0. The first-order chi connectivity index (χ1) is 22.0. The van der Waals surface area contributed by atoms with Gasteiger partial charge in [-0.15, -0.1) is 11.3 Å². The molecular formula is C37H36ClNO5S. The normalized spacial score (nSPS) is 24.0. The Hall–Kier alpha value is -3.30. The van der Waals surface area contributed by atoms with Crippen LogP contribution in [-0.4, -0.2) is 34.0 Å². The fourth-order valence-corrected chi connectivity index (χ4v) is 7.35. The van der Waals surface area contributed by atoms with Crippen molar-refractivity contribution in [1.29, 1.82) is 0 Å². The van der Waals surface area contributed by atoms with Gasteiger partial charge in [-0.1, -0.05) is 91.3 Å². The number of hydrogen-bond acceptors (Lipinski definition) is 7. The second-order valence-electron chi connectivity index (χ2n) is 12.1. The molecule has 0 spiro atoms. The summed E-state index contributed by atoms with van der Waals surface area (Å²) in [5.41, 5.74) is 3.17. The third-order valence-electron chi connectivity index (χ3n) is 8.83. The molecule has 0 radical (unpaired) electrons. The summed E-state index contributed by atoms with van der Waals surface area (Å²) in [6, 6.07) is 30.1. The van der Waals surface area contributed by atoms with Gasteiger partial charge in [0.15, 0.2) is 0 Å². The van der Waals surface area contributed by atoms with E-state index in [1.54, 1.807) is 17.6 Å². The SMILES string of the molecule is C[C@H]1[C@H](OCc2ccccc2)[C@@H](OCc2ccccc2)[C@H](c2ccc(Cl)c(Cc3ncc(-c4ccco4)s3)c2)O[C@@H]1C1(O)CC1. The molecule has 2 aromatic heterocycles. The number of ether oxygens (including phenoxy) is 3. The average molecular weight is 642 g/mol. The number of aliphatic hydroxyl groups is 1. The fourth-order valence-electron chi connectivity index (χ4n) is 6.26. The van der Waals surface area contributed by atoms with Gasteiger partial charge >= 0.3 is 0 Å². The van der Waals surface area contributed by atoms with Gasteiger partial charge in [0.05, 0.1) is 47.2 Å². The van der Waals surface area contributed by atoms with Gasteiger partial charge in [-0.2, -0.15) is 0 Å². The van der Waals surface area contributed by atoms with Crippen LogP contribution in [0, 0.1) is 5.92 Å². The molecule has 0 amide bonds. The zero-order valence-electron chi connectivity index (χ0n) is 25.1. The minimum absolute atomic E-state index is 0.0969. The molecule has 0 bridgehead atoms. The molecule has 6 nitrogen and oxygen atoms in total. The van der Waals surface area contributed by atoms with Crippen molar-refractivity contribution in [2.75, 3.05) is 0 Å². The van der Waals surface area contributed by atoms with Gasteiger partial charge in [0.2, 0.25) is 0 Å². The van der Waals surface area contributed by atoms with Crippen molar-refractivity contribution < 1.29 is 23.7 Å². The Morgan fingerprint density at radius 2 is 1.60 bits per heavy atom. The van der Waals surface area contributed by atoms with Gasteiger partial charge in [-0.25, -0.2) is 4.98 Å². The summed E-state index contributed by atoms with van der Waals surface area (Å²) in [4.78, 5) is 5.62. The van der Waals surface area contributed by atoms with Crippen molar-refractivity contribution in [2.24, 2.45) is 5.92 Å². The van der Waals surface area contributed by atoms with Crippen LogP contribution in [0.15, 0.2) is 108 Å². The van der Waals surface area contributed by atoms with Crippen molar-refractivity contribution in [3.05, 3.63) is 136 Å². The van der Waals surface area contributed by atoms with Crippen LogP contribution in [0.5, 0.6) is 0 Å². The Bertz CT molecular complexity index is 1690. The molecule has 3 heterocycles. The van der Waals surface area contributed by atoms with E-state index in [2.05, 4.69) is 42.2 Å². The quantitative estimate of drug-likeness (QED) is 0.156. The van der Waals surface area contributed by atoms with Crippen LogP contribution in [0.2, 0.25) is 5.02 Å². The highest BCUT2D eigenvalue weighted by Crippen LogP contribution is 2.50. The highest BCUT2D eigenvalue weighted by molar-refractivity contribution is 7.15. The summed E-state index contributed by atoms with van der Waals surface area (Å²) in [5.74, 6) is 0.702. The van der Waals surface area contributed by atoms with Crippen LogP contribution in [0.25, 0.3) is 10.6 Å². The molecule has 1 saturated heterocycles. The van der Waals surface area contributed by atoms with Crippen molar-refractivity contribution in [2.45, 2.75) is 69.4 Å². The number of benzene rings is 3. The van der Waals surface area contributed by atoms with Crippen molar-refractivity contribution in [1.82, 2.24) is 4.98 Å². The molecule has 45 heavy (non-hydrogen) atoms. The number of hydrogen-bond donors (Lipinski definition) is 1. The van der Waals surface area contributed by atoms with E-state index in [1.165, 1.54) is 0 Å². The third-order valence-corrected chi connectivity index (χ3v) is 10.2. The summed E-state index contributed by atoms with van der Waals surface area (Å²) in [5, 5.41) is 13.0. The number of nitrogens with zero attached hydrogens (tertiary/aromatic N) is 1. The van der Waals surface area contributed by atoms with Gasteiger partial charge in [-0.3, -0.25) is 0 Å². The first kappa shape index (κ1) is 30.4. The summed E-state index contributed by atoms with van der Waals surface area (Å²) in [6.07, 6.45) is 3.87. The van der Waals surface area contributed by atoms with Gasteiger partial charge in [-0.05, 0) is 53.3 Å². The number of furan rings is 1. The molecule has 232 valence electrons. The lowest BCUT2D eigenvalue weighted by molar-refractivity contribution is -0.255. The fraction of sp³-hybridized carbons (Fsp3) is 0.324. The zero-order chi connectivity index (χ0) is 30.8. The summed E-state index contributed by atoms with van der Waals surface area (Å²) >= 11 is 8.36. The lowest BCUT2D eigenvalue weighted by Crippen LogP contribution is -2.56. The molecule has 7 rings (SSSR count). The van der Waals surface area contributed by atoms with E-state index < -0.39 is 23.9 Å². The van der Waals surface area contributed by atoms with E-state index >= 15 is 0 Å². The second-order valence-corrected chi connectivity index (χ2v) is 13.6. The molecule has 2 aliphatic rings. The molecular weight excluding hydrogens is 606 g/mol. The predicted octanol–water partition coefficient (Wildman–Crippen LogP) is 8.42. The molecule has 1 saturated carbocycles. The van der Waals surface area contributed by atoms with Crippen LogP contribution in [0.3, 0.4) is 0 Å². The smallest absolute Gasteiger partial charge is 0.145 e. The Morgan fingerprint density at radius 1 is 0.911 bits per heavy atom.